The van der Waals surface area contributed by atoms with Gasteiger partial charge in [-0.15, -0.1) is 16.4 Å². The molecule has 3 aromatic heterocycles. The summed E-state index contributed by atoms with van der Waals surface area (Å²) < 4.78 is 6.56. The van der Waals surface area contributed by atoms with Crippen LogP contribution in [0.4, 0.5) is 10.8 Å². The highest BCUT2D eigenvalue weighted by Crippen LogP contribution is 2.20. The lowest BCUT2D eigenvalue weighted by atomic mass is 10.1. The van der Waals surface area contributed by atoms with E-state index in [1.54, 1.807) is 29.6 Å². The number of carbonyl (C=O) groups excluding carboxylic acids is 2. The second-order valence-electron chi connectivity index (χ2n) is 6.06. The fourth-order valence-electron chi connectivity index (χ4n) is 2.59. The van der Waals surface area contributed by atoms with Crippen LogP contribution in [0.15, 0.2) is 52.7 Å². The average molecular weight is 409 g/mol. The van der Waals surface area contributed by atoms with Crippen molar-refractivity contribution < 1.29 is 14.0 Å². The molecule has 146 valence electrons. The molecule has 11 heteroatoms. The molecule has 0 radical (unpaired) electrons. The SMILES string of the molecule is Cc1ccc(NC(=O)Cc2csc(NC(=O)c3ccco3)n2)cc1-n1cnnn1. The lowest BCUT2D eigenvalue weighted by Gasteiger charge is -2.09. The van der Waals surface area contributed by atoms with Gasteiger partial charge >= 0.3 is 0 Å². The number of furan rings is 1. The van der Waals surface area contributed by atoms with Gasteiger partial charge in [0.2, 0.25) is 5.91 Å². The Balaban J connectivity index is 1.39. The number of nitrogens with zero attached hydrogens (tertiary/aromatic N) is 5. The highest BCUT2D eigenvalue weighted by molar-refractivity contribution is 7.14. The van der Waals surface area contributed by atoms with E-state index >= 15 is 0 Å². The Kier molecular flexibility index (Phi) is 5.12. The van der Waals surface area contributed by atoms with Crippen LogP contribution in [0.1, 0.15) is 21.8 Å². The third-order valence-electron chi connectivity index (χ3n) is 3.95. The molecule has 0 aliphatic rings. The molecule has 4 aromatic rings. The Morgan fingerprint density at radius 1 is 1.24 bits per heavy atom. The average Bonchev–Trinajstić information content (AvgIpc) is 3.46. The zero-order chi connectivity index (χ0) is 20.2. The quantitative estimate of drug-likeness (QED) is 0.500. The molecule has 0 saturated carbocycles. The number of nitrogens with one attached hydrogen (secondary N) is 2. The molecule has 0 unspecified atom stereocenters. The largest absolute Gasteiger partial charge is 0.459 e. The molecule has 3 heterocycles. The third-order valence-corrected chi connectivity index (χ3v) is 4.75. The van der Waals surface area contributed by atoms with Crippen molar-refractivity contribution in [2.45, 2.75) is 13.3 Å². The Hall–Kier alpha value is -3.86. The minimum atomic E-state index is -0.393. The van der Waals surface area contributed by atoms with Crippen LogP contribution in [-0.4, -0.2) is 37.0 Å². The molecule has 0 saturated heterocycles. The van der Waals surface area contributed by atoms with Crippen LogP contribution in [0.2, 0.25) is 0 Å². The number of benzene rings is 1. The maximum atomic E-state index is 12.4. The van der Waals surface area contributed by atoms with Gasteiger partial charge in [0.1, 0.15) is 6.33 Å². The molecule has 1 aromatic carbocycles. The molecule has 10 nitrogen and oxygen atoms in total. The van der Waals surface area contributed by atoms with E-state index in [4.69, 9.17) is 4.42 Å². The van der Waals surface area contributed by atoms with Gasteiger partial charge in [-0.1, -0.05) is 6.07 Å². The third kappa shape index (κ3) is 4.35. The van der Waals surface area contributed by atoms with E-state index in [1.807, 2.05) is 13.0 Å². The lowest BCUT2D eigenvalue weighted by Crippen LogP contribution is -2.15. The normalized spacial score (nSPS) is 10.7. The summed E-state index contributed by atoms with van der Waals surface area (Å²) in [4.78, 5) is 28.6. The molecule has 2 N–H and O–H groups in total. The summed E-state index contributed by atoms with van der Waals surface area (Å²) in [7, 11) is 0. The minimum Gasteiger partial charge on any atom is -0.459 e. The van der Waals surface area contributed by atoms with Gasteiger partial charge in [-0.05, 0) is 47.2 Å². The van der Waals surface area contributed by atoms with Crippen LogP contribution >= 0.6 is 11.3 Å². The fraction of sp³-hybridized carbons (Fsp3) is 0.111. The molecule has 0 aliphatic carbocycles. The molecule has 0 bridgehead atoms. The van der Waals surface area contributed by atoms with Gasteiger partial charge < -0.3 is 9.73 Å². The Labute approximate surface area is 168 Å². The lowest BCUT2D eigenvalue weighted by molar-refractivity contribution is -0.115. The number of rotatable bonds is 6. The molecule has 0 spiro atoms. The maximum absolute atomic E-state index is 12.4. The number of amides is 2. The topological polar surface area (TPSA) is 128 Å². The molecular weight excluding hydrogens is 394 g/mol. The monoisotopic (exact) mass is 409 g/mol. The molecule has 4 rings (SSSR count). The first-order valence-corrected chi connectivity index (χ1v) is 9.39. The van der Waals surface area contributed by atoms with Gasteiger partial charge in [0, 0.05) is 11.1 Å². The van der Waals surface area contributed by atoms with Crippen molar-refractivity contribution in [1.29, 1.82) is 0 Å². The maximum Gasteiger partial charge on any atom is 0.293 e. The van der Waals surface area contributed by atoms with Crippen molar-refractivity contribution in [1.82, 2.24) is 25.2 Å². The highest BCUT2D eigenvalue weighted by Gasteiger charge is 2.13. The predicted molar refractivity (Wildman–Crippen MR) is 105 cm³/mol. The number of tetrazole rings is 1. The van der Waals surface area contributed by atoms with E-state index in [1.165, 1.54) is 28.6 Å². The Morgan fingerprint density at radius 2 is 2.14 bits per heavy atom. The smallest absolute Gasteiger partial charge is 0.293 e. The van der Waals surface area contributed by atoms with Crippen molar-refractivity contribution in [2.75, 3.05) is 10.6 Å². The molecule has 2 amide bonds. The zero-order valence-corrected chi connectivity index (χ0v) is 16.0. The molecule has 0 fully saturated rings. The van der Waals surface area contributed by atoms with Crippen LogP contribution in [0.3, 0.4) is 0 Å². The number of carbonyl (C=O) groups is 2. The number of hydrogen-bond donors (Lipinski definition) is 2. The van der Waals surface area contributed by atoms with Crippen LogP contribution < -0.4 is 10.6 Å². The predicted octanol–water partition coefficient (Wildman–Crippen LogP) is 2.45. The first-order chi connectivity index (χ1) is 14.1. The summed E-state index contributed by atoms with van der Waals surface area (Å²) in [5, 5.41) is 18.7. The molecule has 0 aliphatic heterocycles. The van der Waals surface area contributed by atoms with Crippen LogP contribution in [0, 0.1) is 6.92 Å². The molecular formula is C18H15N7O3S. The van der Waals surface area contributed by atoms with E-state index < -0.39 is 5.91 Å². The van der Waals surface area contributed by atoms with Gasteiger partial charge in [-0.25, -0.2) is 9.67 Å². The summed E-state index contributed by atoms with van der Waals surface area (Å²) in [6.45, 7) is 1.93. The summed E-state index contributed by atoms with van der Waals surface area (Å²) in [6, 6.07) is 8.65. The van der Waals surface area contributed by atoms with Crippen molar-refractivity contribution in [2.24, 2.45) is 0 Å². The van der Waals surface area contributed by atoms with Crippen molar-refractivity contribution in [3.05, 3.63) is 65.3 Å². The van der Waals surface area contributed by atoms with E-state index in [2.05, 4.69) is 31.1 Å². The van der Waals surface area contributed by atoms with Gasteiger partial charge in [-0.2, -0.15) is 0 Å². The summed E-state index contributed by atoms with van der Waals surface area (Å²) in [5.41, 5.74) is 2.90. The number of hydrogen-bond acceptors (Lipinski definition) is 8. The van der Waals surface area contributed by atoms with Crippen molar-refractivity contribution >= 4 is 34.0 Å². The van der Waals surface area contributed by atoms with Crippen molar-refractivity contribution in [3.8, 4) is 5.69 Å². The number of aromatic nitrogens is 5. The van der Waals surface area contributed by atoms with Gasteiger partial charge in [0.05, 0.1) is 24.1 Å². The van der Waals surface area contributed by atoms with E-state index in [0.29, 0.717) is 16.5 Å². The van der Waals surface area contributed by atoms with Crippen LogP contribution in [0.5, 0.6) is 0 Å². The standard InChI is InChI=1S/C18H15N7O3S/c1-11-4-5-12(7-14(11)25-10-19-23-24-25)20-16(26)8-13-9-29-18(21-13)22-17(27)15-3-2-6-28-15/h2-7,9-10H,8H2,1H3,(H,20,26)(H,21,22,27). The van der Waals surface area contributed by atoms with Crippen molar-refractivity contribution in [3.63, 3.8) is 0 Å². The van der Waals surface area contributed by atoms with Gasteiger partial charge in [0.25, 0.3) is 5.91 Å². The first kappa shape index (κ1) is 18.5. The van der Waals surface area contributed by atoms with Gasteiger partial charge in [0.15, 0.2) is 10.9 Å². The van der Waals surface area contributed by atoms with E-state index in [-0.39, 0.29) is 18.1 Å². The molecule has 29 heavy (non-hydrogen) atoms. The minimum absolute atomic E-state index is 0.0706. The molecule has 0 atom stereocenters. The summed E-state index contributed by atoms with van der Waals surface area (Å²) in [5.74, 6) is -0.432. The zero-order valence-electron chi connectivity index (χ0n) is 15.2. The summed E-state index contributed by atoms with van der Waals surface area (Å²) >= 11 is 1.24. The second-order valence-corrected chi connectivity index (χ2v) is 6.91. The summed E-state index contributed by atoms with van der Waals surface area (Å²) in [6.07, 6.45) is 2.98. The number of anilines is 2. The van der Waals surface area contributed by atoms with Crippen LogP contribution in [-0.2, 0) is 11.2 Å². The second kappa shape index (κ2) is 8.02. The van der Waals surface area contributed by atoms with E-state index in [0.717, 1.165) is 11.3 Å². The number of thiazole rings is 1. The number of aryl methyl sites for hydroxylation is 1. The Morgan fingerprint density at radius 3 is 2.90 bits per heavy atom. The first-order valence-electron chi connectivity index (χ1n) is 8.51. The Bertz CT molecular complexity index is 1140. The van der Waals surface area contributed by atoms with Crippen LogP contribution in [0.25, 0.3) is 5.69 Å². The van der Waals surface area contributed by atoms with Gasteiger partial charge in [-0.3, -0.25) is 14.9 Å². The fourth-order valence-corrected chi connectivity index (χ4v) is 3.29. The van der Waals surface area contributed by atoms with E-state index in [9.17, 15) is 9.59 Å². The highest BCUT2D eigenvalue weighted by atomic mass is 32.1.